The van der Waals surface area contributed by atoms with Crippen LogP contribution in [-0.4, -0.2) is 36.7 Å². The summed E-state index contributed by atoms with van der Waals surface area (Å²) in [4.78, 5) is 26.7. The Hall–Kier alpha value is -5.82. The van der Waals surface area contributed by atoms with Crippen molar-refractivity contribution < 1.29 is 19.7 Å². The summed E-state index contributed by atoms with van der Waals surface area (Å²) in [6.07, 6.45) is 5.34. The number of carboxylic acid groups (broad SMARTS) is 1. The van der Waals surface area contributed by atoms with Crippen molar-refractivity contribution in [3.63, 3.8) is 0 Å². The molecule has 0 saturated carbocycles. The van der Waals surface area contributed by atoms with Crippen molar-refractivity contribution in [3.05, 3.63) is 127 Å². The topological polar surface area (TPSA) is 105 Å². The van der Waals surface area contributed by atoms with Crippen LogP contribution in [0.4, 0.5) is 0 Å². The summed E-state index contributed by atoms with van der Waals surface area (Å²) in [5.41, 5.74) is 4.91. The highest BCUT2D eigenvalue weighted by molar-refractivity contribution is 5.78. The van der Waals surface area contributed by atoms with Crippen molar-refractivity contribution >= 4 is 5.97 Å². The Labute approximate surface area is 293 Å². The van der Waals surface area contributed by atoms with E-state index in [1.54, 1.807) is 19.1 Å². The SMILES string of the molecule is CCCCCCCC(C)(Oc1ccc(-c2nc(-c3ccc(-c4ccccc4)cc3)nc(-c3ccc(-c4ccccc4)cc3)n2)c(O)c1)C(=O)O. The zero-order valence-corrected chi connectivity index (χ0v) is 28.4. The van der Waals surface area contributed by atoms with E-state index < -0.39 is 11.6 Å². The minimum Gasteiger partial charge on any atom is -0.507 e. The Kier molecular flexibility index (Phi) is 10.6. The maximum atomic E-state index is 12.3. The van der Waals surface area contributed by atoms with Gasteiger partial charge in [-0.15, -0.1) is 0 Å². The number of hydrogen-bond acceptors (Lipinski definition) is 6. The van der Waals surface area contributed by atoms with E-state index in [0.717, 1.165) is 65.5 Å². The average Bonchev–Trinajstić information content (AvgIpc) is 3.15. The van der Waals surface area contributed by atoms with Crippen LogP contribution in [0.2, 0.25) is 0 Å². The molecule has 1 heterocycles. The van der Waals surface area contributed by atoms with Gasteiger partial charge in [0, 0.05) is 17.2 Å². The Morgan fingerprint density at radius 2 is 1.06 bits per heavy atom. The highest BCUT2D eigenvalue weighted by atomic mass is 16.5. The fourth-order valence-electron chi connectivity index (χ4n) is 5.93. The van der Waals surface area contributed by atoms with Gasteiger partial charge in [-0.1, -0.05) is 142 Å². The molecule has 6 aromatic rings. The van der Waals surface area contributed by atoms with Crippen molar-refractivity contribution in [2.24, 2.45) is 0 Å². The lowest BCUT2D eigenvalue weighted by Gasteiger charge is -2.26. The monoisotopic (exact) mass is 663 g/mol. The molecule has 0 spiro atoms. The van der Waals surface area contributed by atoms with Crippen LogP contribution in [-0.2, 0) is 4.79 Å². The number of hydrogen-bond donors (Lipinski definition) is 2. The molecule has 1 unspecified atom stereocenters. The number of carboxylic acids is 1. The Morgan fingerprint density at radius 3 is 1.54 bits per heavy atom. The number of aromatic nitrogens is 3. The van der Waals surface area contributed by atoms with Gasteiger partial charge >= 0.3 is 5.97 Å². The summed E-state index contributed by atoms with van der Waals surface area (Å²) in [6, 6.07) is 41.1. The molecular formula is C43H41N3O4. The molecular weight excluding hydrogens is 622 g/mol. The lowest BCUT2D eigenvalue weighted by Crippen LogP contribution is -2.41. The minimum absolute atomic E-state index is 0.125. The summed E-state index contributed by atoms with van der Waals surface area (Å²) in [5.74, 6) is 0.286. The molecule has 0 amide bonds. The van der Waals surface area contributed by atoms with E-state index in [1.165, 1.54) is 6.07 Å². The van der Waals surface area contributed by atoms with Crippen molar-refractivity contribution in [3.8, 4) is 67.9 Å². The number of unbranched alkanes of at least 4 members (excludes halogenated alkanes) is 4. The summed E-state index contributed by atoms with van der Waals surface area (Å²) >= 11 is 0. The van der Waals surface area contributed by atoms with Gasteiger partial charge in [0.15, 0.2) is 17.5 Å². The quantitative estimate of drug-likeness (QED) is 0.112. The van der Waals surface area contributed by atoms with E-state index in [0.29, 0.717) is 23.6 Å². The molecule has 7 nitrogen and oxygen atoms in total. The van der Waals surface area contributed by atoms with E-state index in [1.807, 2.05) is 84.9 Å². The van der Waals surface area contributed by atoms with Crippen LogP contribution in [0.3, 0.4) is 0 Å². The molecule has 0 radical (unpaired) electrons. The predicted octanol–water partition coefficient (Wildman–Crippen LogP) is 10.5. The van der Waals surface area contributed by atoms with Crippen LogP contribution in [0, 0.1) is 0 Å². The third-order valence-corrected chi connectivity index (χ3v) is 8.90. The Bertz CT molecular complexity index is 1930. The second kappa shape index (κ2) is 15.6. The smallest absolute Gasteiger partial charge is 0.347 e. The number of nitrogens with zero attached hydrogens (tertiary/aromatic N) is 3. The second-order valence-electron chi connectivity index (χ2n) is 12.7. The first kappa shape index (κ1) is 34.1. The van der Waals surface area contributed by atoms with Crippen LogP contribution >= 0.6 is 0 Å². The lowest BCUT2D eigenvalue weighted by molar-refractivity contribution is -0.154. The molecule has 0 saturated heterocycles. The first-order valence-corrected chi connectivity index (χ1v) is 17.2. The summed E-state index contributed by atoms with van der Waals surface area (Å²) in [5, 5.41) is 21.3. The van der Waals surface area contributed by atoms with E-state index in [4.69, 9.17) is 19.7 Å². The van der Waals surface area contributed by atoms with Gasteiger partial charge in [-0.25, -0.2) is 19.7 Å². The number of aromatic hydroxyl groups is 1. The standard InChI is InChI=1S/C43H41N3O4/c1-3-4-5-6-13-28-43(2,42(48)49)50-36-26-27-37(38(47)29-36)41-45-39(34-22-18-32(19-23-34)30-14-9-7-10-15-30)44-40(46-41)35-24-20-33(21-25-35)31-16-11-8-12-17-31/h7-12,14-27,29,47H,3-6,13,28H2,1-2H3,(H,48,49). The Balaban J connectivity index is 1.34. The molecule has 5 aromatic carbocycles. The molecule has 0 aliphatic heterocycles. The number of benzene rings is 5. The van der Waals surface area contributed by atoms with Crippen LogP contribution < -0.4 is 4.74 Å². The normalized spacial score (nSPS) is 12.3. The molecule has 1 aromatic heterocycles. The molecule has 252 valence electrons. The zero-order chi connectivity index (χ0) is 34.9. The summed E-state index contributed by atoms with van der Waals surface area (Å²) < 4.78 is 6.01. The van der Waals surface area contributed by atoms with Crippen LogP contribution in [0.15, 0.2) is 127 Å². The number of carbonyl (C=O) groups is 1. The number of phenolic OH excluding ortho intramolecular Hbond substituents is 1. The molecule has 0 aliphatic rings. The first-order chi connectivity index (χ1) is 24.3. The van der Waals surface area contributed by atoms with Gasteiger partial charge in [-0.2, -0.15) is 0 Å². The van der Waals surface area contributed by atoms with Crippen LogP contribution in [0.25, 0.3) is 56.4 Å². The third-order valence-electron chi connectivity index (χ3n) is 8.90. The fraction of sp³-hybridized carbons (Fsp3) is 0.209. The molecule has 6 rings (SSSR count). The number of rotatable bonds is 14. The zero-order valence-electron chi connectivity index (χ0n) is 28.4. The van der Waals surface area contributed by atoms with Gasteiger partial charge in [0.25, 0.3) is 0 Å². The maximum absolute atomic E-state index is 12.3. The van der Waals surface area contributed by atoms with Crippen molar-refractivity contribution in [2.45, 2.75) is 58.0 Å². The fourth-order valence-corrected chi connectivity index (χ4v) is 5.93. The van der Waals surface area contributed by atoms with Crippen LogP contribution in [0.1, 0.15) is 52.4 Å². The summed E-state index contributed by atoms with van der Waals surface area (Å²) in [7, 11) is 0. The number of phenols is 1. The van der Waals surface area contributed by atoms with Gasteiger partial charge in [-0.05, 0) is 54.2 Å². The van der Waals surface area contributed by atoms with Crippen molar-refractivity contribution in [2.75, 3.05) is 0 Å². The maximum Gasteiger partial charge on any atom is 0.347 e. The van der Waals surface area contributed by atoms with Crippen molar-refractivity contribution in [1.29, 1.82) is 0 Å². The van der Waals surface area contributed by atoms with Gasteiger partial charge in [0.05, 0.1) is 5.56 Å². The largest absolute Gasteiger partial charge is 0.507 e. The van der Waals surface area contributed by atoms with E-state index in [9.17, 15) is 15.0 Å². The van der Waals surface area contributed by atoms with Crippen molar-refractivity contribution in [1.82, 2.24) is 15.0 Å². The average molecular weight is 664 g/mol. The van der Waals surface area contributed by atoms with Gasteiger partial charge in [-0.3, -0.25) is 0 Å². The molecule has 2 N–H and O–H groups in total. The Morgan fingerprint density at radius 1 is 0.600 bits per heavy atom. The van der Waals surface area contributed by atoms with E-state index in [2.05, 4.69) is 31.2 Å². The molecule has 7 heteroatoms. The second-order valence-corrected chi connectivity index (χ2v) is 12.7. The molecule has 0 fully saturated rings. The minimum atomic E-state index is -1.43. The van der Waals surface area contributed by atoms with E-state index in [-0.39, 0.29) is 17.3 Å². The summed E-state index contributed by atoms with van der Waals surface area (Å²) in [6.45, 7) is 3.72. The van der Waals surface area contributed by atoms with Gasteiger partial charge in [0.2, 0.25) is 5.60 Å². The predicted molar refractivity (Wildman–Crippen MR) is 199 cm³/mol. The lowest BCUT2D eigenvalue weighted by atomic mass is 9.97. The molecule has 1 atom stereocenters. The van der Waals surface area contributed by atoms with Crippen LogP contribution in [0.5, 0.6) is 11.5 Å². The highest BCUT2D eigenvalue weighted by Crippen LogP contribution is 2.35. The number of aliphatic carboxylic acids is 1. The van der Waals surface area contributed by atoms with Gasteiger partial charge in [0.1, 0.15) is 11.5 Å². The number of ether oxygens (including phenoxy) is 1. The first-order valence-electron chi connectivity index (χ1n) is 17.2. The molecule has 50 heavy (non-hydrogen) atoms. The van der Waals surface area contributed by atoms with E-state index >= 15 is 0 Å². The molecule has 0 aliphatic carbocycles. The highest BCUT2D eigenvalue weighted by Gasteiger charge is 2.35. The molecule has 0 bridgehead atoms. The van der Waals surface area contributed by atoms with Gasteiger partial charge < -0.3 is 14.9 Å². The third kappa shape index (κ3) is 8.06.